The monoisotopic (exact) mass is 408 g/mol. The molecule has 0 spiro atoms. The number of hydrogen-bond donors (Lipinski definition) is 1. The molecule has 0 aliphatic carbocycles. The van der Waals surface area contributed by atoms with Crippen LogP contribution < -0.4 is 5.32 Å². The van der Waals surface area contributed by atoms with Gasteiger partial charge in [-0.05, 0) is 38.1 Å². The summed E-state index contributed by atoms with van der Waals surface area (Å²) >= 11 is 0. The molecule has 2 amide bonds. The van der Waals surface area contributed by atoms with Gasteiger partial charge >= 0.3 is 0 Å². The van der Waals surface area contributed by atoms with E-state index in [9.17, 15) is 18.0 Å². The molecule has 0 fully saturated rings. The summed E-state index contributed by atoms with van der Waals surface area (Å²) in [5, 5.41) is 6.42. The largest absolute Gasteiger partial charge is 0.361 e. The number of carbonyl (C=O) groups excluding carboxylic acids is 2. The Morgan fingerprint density at radius 1 is 1.14 bits per heavy atom. The molecule has 0 atom stereocenters. The Morgan fingerprint density at radius 2 is 1.75 bits per heavy atom. The Labute approximate surface area is 164 Å². The molecular formula is C18H24N4O5S. The Balaban J connectivity index is 2.06. The fraction of sp³-hybridized carbons (Fsp3) is 0.389. The fourth-order valence-corrected chi connectivity index (χ4v) is 3.66. The van der Waals surface area contributed by atoms with Crippen LogP contribution in [0.1, 0.15) is 23.9 Å². The summed E-state index contributed by atoms with van der Waals surface area (Å²) in [4.78, 5) is 25.0. The Kier molecular flexibility index (Phi) is 6.57. The molecule has 0 saturated carbocycles. The second-order valence-corrected chi connectivity index (χ2v) is 8.56. The summed E-state index contributed by atoms with van der Waals surface area (Å²) in [6, 6.07) is 5.76. The third-order valence-corrected chi connectivity index (χ3v) is 6.06. The number of nitrogens with zero attached hydrogens (tertiary/aromatic N) is 3. The van der Waals surface area contributed by atoms with Crippen molar-refractivity contribution in [1.82, 2.24) is 14.4 Å². The van der Waals surface area contributed by atoms with Gasteiger partial charge in [0.15, 0.2) is 0 Å². The first-order valence-electron chi connectivity index (χ1n) is 8.52. The van der Waals surface area contributed by atoms with E-state index in [1.54, 1.807) is 20.9 Å². The van der Waals surface area contributed by atoms with Gasteiger partial charge in [-0.15, -0.1) is 0 Å². The Bertz CT molecular complexity index is 947. The van der Waals surface area contributed by atoms with Crippen LogP contribution in [0.3, 0.4) is 0 Å². The minimum atomic E-state index is -3.85. The molecule has 10 heteroatoms. The number of amides is 2. The SMILES string of the molecule is CC(=O)Nc1ccc(S(=O)(=O)N(C)CC(=O)N(C)Cc2c(C)noc2C)cc1. The molecule has 0 saturated heterocycles. The minimum Gasteiger partial charge on any atom is -0.361 e. The number of likely N-dealkylation sites (N-methyl/N-ethyl adjacent to an activating group) is 2. The van der Waals surface area contributed by atoms with Crippen molar-refractivity contribution in [3.63, 3.8) is 0 Å². The van der Waals surface area contributed by atoms with Gasteiger partial charge in [-0.3, -0.25) is 9.59 Å². The molecule has 1 aromatic heterocycles. The number of sulfonamides is 1. The standard InChI is InChI=1S/C18H24N4O5S/c1-12-17(13(2)27-20-12)10-21(4)18(24)11-22(5)28(25,26)16-8-6-15(7-9-16)19-14(3)23/h6-9H,10-11H2,1-5H3,(H,19,23). The van der Waals surface area contributed by atoms with Crippen LogP contribution in [0.25, 0.3) is 0 Å². The summed E-state index contributed by atoms with van der Waals surface area (Å²) < 4.78 is 31.5. The minimum absolute atomic E-state index is 0.0327. The van der Waals surface area contributed by atoms with E-state index in [2.05, 4.69) is 10.5 Å². The van der Waals surface area contributed by atoms with Gasteiger partial charge in [-0.1, -0.05) is 5.16 Å². The van der Waals surface area contributed by atoms with Crippen LogP contribution in [0.5, 0.6) is 0 Å². The maximum atomic E-state index is 12.7. The van der Waals surface area contributed by atoms with Crippen molar-refractivity contribution in [2.75, 3.05) is 26.0 Å². The zero-order valence-corrected chi connectivity index (χ0v) is 17.3. The lowest BCUT2D eigenvalue weighted by molar-refractivity contribution is -0.130. The van der Waals surface area contributed by atoms with E-state index in [1.165, 1.54) is 43.1 Å². The van der Waals surface area contributed by atoms with E-state index in [-0.39, 0.29) is 29.8 Å². The lowest BCUT2D eigenvalue weighted by Gasteiger charge is -2.22. The third kappa shape index (κ3) is 4.96. The highest BCUT2D eigenvalue weighted by molar-refractivity contribution is 7.89. The molecule has 1 N–H and O–H groups in total. The first-order valence-corrected chi connectivity index (χ1v) is 9.96. The molecule has 2 aromatic rings. The van der Waals surface area contributed by atoms with Crippen molar-refractivity contribution in [2.45, 2.75) is 32.2 Å². The van der Waals surface area contributed by atoms with Crippen LogP contribution in [0.4, 0.5) is 5.69 Å². The van der Waals surface area contributed by atoms with Crippen LogP contribution in [0.2, 0.25) is 0 Å². The number of aromatic nitrogens is 1. The normalized spacial score (nSPS) is 11.5. The quantitative estimate of drug-likeness (QED) is 0.743. The second-order valence-electron chi connectivity index (χ2n) is 6.52. The predicted octanol–water partition coefficient (Wildman–Crippen LogP) is 1.53. The maximum absolute atomic E-state index is 12.7. The van der Waals surface area contributed by atoms with Gasteiger partial charge in [0.25, 0.3) is 0 Å². The van der Waals surface area contributed by atoms with Crippen molar-refractivity contribution in [1.29, 1.82) is 0 Å². The lowest BCUT2D eigenvalue weighted by atomic mass is 10.2. The topological polar surface area (TPSA) is 113 Å². The fourth-order valence-electron chi connectivity index (χ4n) is 2.54. The molecule has 0 aliphatic rings. The highest BCUT2D eigenvalue weighted by atomic mass is 32.2. The first kappa shape index (κ1) is 21.6. The van der Waals surface area contributed by atoms with E-state index in [0.29, 0.717) is 17.1 Å². The van der Waals surface area contributed by atoms with Crippen LogP contribution in [0, 0.1) is 13.8 Å². The number of aryl methyl sites for hydroxylation is 2. The van der Waals surface area contributed by atoms with Gasteiger partial charge in [-0.2, -0.15) is 4.31 Å². The highest BCUT2D eigenvalue weighted by Gasteiger charge is 2.25. The number of carbonyl (C=O) groups is 2. The summed E-state index contributed by atoms with van der Waals surface area (Å²) in [7, 11) is -0.909. The van der Waals surface area contributed by atoms with E-state index >= 15 is 0 Å². The van der Waals surface area contributed by atoms with Crippen LogP contribution >= 0.6 is 0 Å². The third-order valence-electron chi connectivity index (χ3n) is 4.24. The first-order chi connectivity index (χ1) is 13.0. The molecule has 0 bridgehead atoms. The van der Waals surface area contributed by atoms with Crippen LogP contribution in [-0.2, 0) is 26.2 Å². The van der Waals surface area contributed by atoms with E-state index in [0.717, 1.165) is 9.87 Å². The number of nitrogens with one attached hydrogen (secondary N) is 1. The highest BCUT2D eigenvalue weighted by Crippen LogP contribution is 2.18. The average molecular weight is 408 g/mol. The molecule has 152 valence electrons. The zero-order chi connectivity index (χ0) is 21.1. The summed E-state index contributed by atoms with van der Waals surface area (Å²) in [5.41, 5.74) is 1.98. The van der Waals surface area contributed by atoms with Crippen LogP contribution in [-0.4, -0.2) is 55.2 Å². The molecular weight excluding hydrogens is 384 g/mol. The summed E-state index contributed by atoms with van der Waals surface area (Å²) in [6.45, 7) is 4.87. The van der Waals surface area contributed by atoms with E-state index < -0.39 is 10.0 Å². The number of hydrogen-bond acceptors (Lipinski definition) is 6. The van der Waals surface area contributed by atoms with Gasteiger partial charge in [0, 0.05) is 32.3 Å². The molecule has 0 aliphatic heterocycles. The van der Waals surface area contributed by atoms with Gasteiger partial charge in [0.1, 0.15) is 5.76 Å². The van der Waals surface area contributed by atoms with E-state index in [4.69, 9.17) is 4.52 Å². The van der Waals surface area contributed by atoms with E-state index in [1.807, 2.05) is 0 Å². The zero-order valence-electron chi connectivity index (χ0n) is 16.5. The van der Waals surface area contributed by atoms with Gasteiger partial charge in [0.2, 0.25) is 21.8 Å². The lowest BCUT2D eigenvalue weighted by Crippen LogP contribution is -2.39. The maximum Gasteiger partial charge on any atom is 0.243 e. The molecule has 9 nitrogen and oxygen atoms in total. The molecule has 0 unspecified atom stereocenters. The summed E-state index contributed by atoms with van der Waals surface area (Å²) in [6.07, 6.45) is 0. The van der Waals surface area contributed by atoms with Gasteiger partial charge in [0.05, 0.1) is 23.7 Å². The number of rotatable bonds is 7. The molecule has 2 rings (SSSR count). The van der Waals surface area contributed by atoms with Gasteiger partial charge in [-0.25, -0.2) is 8.42 Å². The van der Waals surface area contributed by atoms with Crippen molar-refractivity contribution in [3.05, 3.63) is 41.3 Å². The average Bonchev–Trinajstić information content (AvgIpc) is 2.93. The van der Waals surface area contributed by atoms with Crippen molar-refractivity contribution >= 4 is 27.5 Å². The van der Waals surface area contributed by atoms with Crippen molar-refractivity contribution in [2.24, 2.45) is 0 Å². The predicted molar refractivity (Wildman–Crippen MR) is 103 cm³/mol. The smallest absolute Gasteiger partial charge is 0.243 e. The molecule has 28 heavy (non-hydrogen) atoms. The molecule has 0 radical (unpaired) electrons. The molecule has 1 heterocycles. The Morgan fingerprint density at radius 3 is 2.25 bits per heavy atom. The Hall–Kier alpha value is -2.72. The molecule has 1 aromatic carbocycles. The summed E-state index contributed by atoms with van der Waals surface area (Å²) in [5.74, 6) is 0.0120. The number of anilines is 1. The van der Waals surface area contributed by atoms with Crippen molar-refractivity contribution in [3.8, 4) is 0 Å². The van der Waals surface area contributed by atoms with Crippen LogP contribution in [0.15, 0.2) is 33.7 Å². The number of benzene rings is 1. The van der Waals surface area contributed by atoms with Crippen molar-refractivity contribution < 1.29 is 22.5 Å². The van der Waals surface area contributed by atoms with Gasteiger partial charge < -0.3 is 14.7 Å². The second kappa shape index (κ2) is 8.53.